The fraction of sp³-hybridized carbons (Fsp3) is 0.476. The summed E-state index contributed by atoms with van der Waals surface area (Å²) in [6.45, 7) is 0.511. The minimum atomic E-state index is -0.788. The number of allylic oxidation sites excluding steroid dienone is 1. The van der Waals surface area contributed by atoms with Gasteiger partial charge in [0.1, 0.15) is 0 Å². The summed E-state index contributed by atoms with van der Waals surface area (Å²) >= 11 is 0. The van der Waals surface area contributed by atoms with Crippen LogP contribution in [-0.2, 0) is 16.0 Å². The lowest BCUT2D eigenvalue weighted by atomic mass is 10.00. The van der Waals surface area contributed by atoms with Gasteiger partial charge in [-0.05, 0) is 37.8 Å². The molecule has 0 bridgehead atoms. The van der Waals surface area contributed by atoms with E-state index in [2.05, 4.69) is 4.98 Å². The number of likely N-dealkylation sites (tertiary alicyclic amines) is 1. The van der Waals surface area contributed by atoms with Crippen molar-refractivity contribution in [2.24, 2.45) is 0 Å². The van der Waals surface area contributed by atoms with Crippen molar-refractivity contribution >= 4 is 11.9 Å². The predicted octanol–water partition coefficient (Wildman–Crippen LogP) is 2.73. The first-order valence-electron chi connectivity index (χ1n) is 9.49. The molecule has 1 aliphatic heterocycles. The lowest BCUT2D eigenvalue weighted by Crippen LogP contribution is -2.42. The zero-order chi connectivity index (χ0) is 19.5. The molecule has 27 heavy (non-hydrogen) atoms. The molecule has 1 aromatic rings. The monoisotopic (exact) mass is 372 g/mol. The summed E-state index contributed by atoms with van der Waals surface area (Å²) in [5, 5.41) is 18.8. The summed E-state index contributed by atoms with van der Waals surface area (Å²) in [5.74, 6) is -0.672. The molecule has 0 saturated carbocycles. The molecule has 1 amide bonds. The average molecular weight is 372 g/mol. The lowest BCUT2D eigenvalue weighted by Gasteiger charge is -2.33. The zero-order valence-electron chi connectivity index (χ0n) is 15.5. The number of carbonyl (C=O) groups excluding carboxylic acids is 1. The van der Waals surface area contributed by atoms with E-state index in [0.717, 1.165) is 18.5 Å². The summed E-state index contributed by atoms with van der Waals surface area (Å²) in [4.78, 5) is 28.8. The highest BCUT2D eigenvalue weighted by Gasteiger charge is 2.25. The van der Waals surface area contributed by atoms with Crippen LogP contribution in [0.15, 0.2) is 48.7 Å². The molecular formula is C21H28N2O4. The molecule has 0 spiro atoms. The molecule has 0 aliphatic carbocycles. The highest BCUT2D eigenvalue weighted by atomic mass is 16.4. The van der Waals surface area contributed by atoms with E-state index in [1.54, 1.807) is 12.3 Å². The number of pyridine rings is 1. The number of hydrogen-bond acceptors (Lipinski definition) is 4. The minimum Gasteiger partial charge on any atom is -0.481 e. The first kappa shape index (κ1) is 20.8. The van der Waals surface area contributed by atoms with Gasteiger partial charge in [-0.25, -0.2) is 0 Å². The van der Waals surface area contributed by atoms with Crippen LogP contribution in [0.2, 0.25) is 0 Å². The highest BCUT2D eigenvalue weighted by molar-refractivity contribution is 5.77. The Morgan fingerprint density at radius 3 is 2.96 bits per heavy atom. The summed E-state index contributed by atoms with van der Waals surface area (Å²) in [6.07, 6.45) is 12.8. The molecule has 6 heteroatoms. The van der Waals surface area contributed by atoms with E-state index in [9.17, 15) is 14.7 Å². The molecule has 0 radical (unpaired) electrons. The van der Waals surface area contributed by atoms with E-state index in [-0.39, 0.29) is 18.4 Å². The standard InChI is InChI=1S/C21H28N2O4/c24-19(16-17-8-4-5-14-22-17)13-12-18-9-7-10-20(25)23(18)15-6-2-1-3-11-21(26)27/h2,4-6,8,12-14,18-19,24H,1,3,7,9-11,15-16H2,(H,26,27)/b6-2-,13-12+/t18-,19?/m1/s1. The van der Waals surface area contributed by atoms with Crippen molar-refractivity contribution in [1.82, 2.24) is 9.88 Å². The number of carbonyl (C=O) groups is 2. The molecule has 1 fully saturated rings. The Balaban J connectivity index is 1.85. The Hall–Kier alpha value is -2.47. The van der Waals surface area contributed by atoms with Gasteiger partial charge in [0.25, 0.3) is 0 Å². The first-order chi connectivity index (χ1) is 13.1. The van der Waals surface area contributed by atoms with Crippen molar-refractivity contribution in [2.45, 2.75) is 57.1 Å². The number of piperidine rings is 1. The molecule has 2 N–H and O–H groups in total. The van der Waals surface area contributed by atoms with Crippen molar-refractivity contribution in [1.29, 1.82) is 0 Å². The van der Waals surface area contributed by atoms with Crippen molar-refractivity contribution in [2.75, 3.05) is 6.54 Å². The van der Waals surface area contributed by atoms with Crippen molar-refractivity contribution in [3.05, 3.63) is 54.4 Å². The highest BCUT2D eigenvalue weighted by Crippen LogP contribution is 2.19. The topological polar surface area (TPSA) is 90.7 Å². The van der Waals surface area contributed by atoms with E-state index < -0.39 is 12.1 Å². The third kappa shape index (κ3) is 7.74. The molecular weight excluding hydrogens is 344 g/mol. The van der Waals surface area contributed by atoms with Crippen LogP contribution >= 0.6 is 0 Å². The van der Waals surface area contributed by atoms with E-state index in [0.29, 0.717) is 32.2 Å². The number of carboxylic acid groups (broad SMARTS) is 1. The van der Waals surface area contributed by atoms with Gasteiger partial charge in [-0.2, -0.15) is 0 Å². The number of aliphatic hydroxyl groups is 1. The molecule has 1 aliphatic rings. The first-order valence-corrected chi connectivity index (χ1v) is 9.49. The summed E-state index contributed by atoms with van der Waals surface area (Å²) in [7, 11) is 0. The molecule has 146 valence electrons. The van der Waals surface area contributed by atoms with Gasteiger partial charge >= 0.3 is 5.97 Å². The van der Waals surface area contributed by atoms with Crippen LogP contribution in [0.5, 0.6) is 0 Å². The third-order valence-corrected chi connectivity index (χ3v) is 4.54. The van der Waals surface area contributed by atoms with Gasteiger partial charge in [0, 0.05) is 37.7 Å². The molecule has 1 aromatic heterocycles. The number of nitrogens with zero attached hydrogens (tertiary/aromatic N) is 2. The molecule has 2 heterocycles. The number of aromatic nitrogens is 1. The number of amides is 1. The van der Waals surface area contributed by atoms with E-state index in [1.807, 2.05) is 41.3 Å². The van der Waals surface area contributed by atoms with Crippen LogP contribution in [0, 0.1) is 0 Å². The Morgan fingerprint density at radius 2 is 2.22 bits per heavy atom. The van der Waals surface area contributed by atoms with E-state index >= 15 is 0 Å². The maximum Gasteiger partial charge on any atom is 0.303 e. The van der Waals surface area contributed by atoms with E-state index in [4.69, 9.17) is 5.11 Å². The fourth-order valence-electron chi connectivity index (χ4n) is 3.12. The van der Waals surface area contributed by atoms with Crippen molar-refractivity contribution < 1.29 is 19.8 Å². The zero-order valence-corrected chi connectivity index (χ0v) is 15.5. The molecule has 1 unspecified atom stereocenters. The second-order valence-corrected chi connectivity index (χ2v) is 6.74. The number of unbranched alkanes of at least 4 members (excludes halogenated alkanes) is 1. The quantitative estimate of drug-likeness (QED) is 0.487. The average Bonchev–Trinajstić information content (AvgIpc) is 2.65. The Labute approximate surface area is 160 Å². The van der Waals surface area contributed by atoms with Gasteiger partial charge < -0.3 is 15.1 Å². The van der Waals surface area contributed by atoms with Crippen LogP contribution in [0.25, 0.3) is 0 Å². The largest absolute Gasteiger partial charge is 0.481 e. The number of carboxylic acids is 1. The van der Waals surface area contributed by atoms with Gasteiger partial charge in [0.05, 0.1) is 12.1 Å². The van der Waals surface area contributed by atoms with Crippen LogP contribution in [0.4, 0.5) is 0 Å². The Morgan fingerprint density at radius 1 is 1.37 bits per heavy atom. The maximum atomic E-state index is 12.3. The second-order valence-electron chi connectivity index (χ2n) is 6.74. The van der Waals surface area contributed by atoms with Gasteiger partial charge in [-0.3, -0.25) is 14.6 Å². The molecule has 2 atom stereocenters. The van der Waals surface area contributed by atoms with Gasteiger partial charge in [0.2, 0.25) is 5.91 Å². The van der Waals surface area contributed by atoms with Crippen LogP contribution in [0.3, 0.4) is 0 Å². The van der Waals surface area contributed by atoms with Gasteiger partial charge in [-0.15, -0.1) is 0 Å². The molecule has 2 rings (SSSR count). The summed E-state index contributed by atoms with van der Waals surface area (Å²) < 4.78 is 0. The van der Waals surface area contributed by atoms with Gasteiger partial charge in [-0.1, -0.05) is 30.4 Å². The lowest BCUT2D eigenvalue weighted by molar-refractivity contribution is -0.137. The smallest absolute Gasteiger partial charge is 0.303 e. The van der Waals surface area contributed by atoms with Crippen molar-refractivity contribution in [3.8, 4) is 0 Å². The molecule has 0 aromatic carbocycles. The Bertz CT molecular complexity index is 657. The molecule has 1 saturated heterocycles. The minimum absolute atomic E-state index is 0.0201. The van der Waals surface area contributed by atoms with Gasteiger partial charge in [0.15, 0.2) is 0 Å². The summed E-state index contributed by atoms with van der Waals surface area (Å²) in [5.41, 5.74) is 0.829. The maximum absolute atomic E-state index is 12.3. The SMILES string of the molecule is O=C(O)CCC/C=C\CN1C(=O)CCC[C@@H]1/C=C/C(O)Cc1ccccn1. The number of aliphatic hydroxyl groups excluding tert-OH is 1. The molecule has 6 nitrogen and oxygen atoms in total. The number of rotatable bonds is 10. The fourth-order valence-corrected chi connectivity index (χ4v) is 3.12. The second kappa shape index (κ2) is 11.3. The Kier molecular flexibility index (Phi) is 8.71. The van der Waals surface area contributed by atoms with Crippen molar-refractivity contribution in [3.63, 3.8) is 0 Å². The normalized spacial score (nSPS) is 19.1. The number of hydrogen-bond donors (Lipinski definition) is 2. The van der Waals surface area contributed by atoms with Crippen LogP contribution in [0.1, 0.15) is 44.2 Å². The van der Waals surface area contributed by atoms with Crippen LogP contribution < -0.4 is 0 Å². The van der Waals surface area contributed by atoms with E-state index in [1.165, 1.54) is 0 Å². The number of aliphatic carboxylic acids is 1. The third-order valence-electron chi connectivity index (χ3n) is 4.54. The van der Waals surface area contributed by atoms with Crippen LogP contribution in [-0.4, -0.2) is 50.7 Å². The predicted molar refractivity (Wildman–Crippen MR) is 103 cm³/mol. The summed E-state index contributed by atoms with van der Waals surface area (Å²) in [6, 6.07) is 5.59.